The molecular weight excluding hydrogens is 438 g/mol. The molecule has 1 N–H and O–H groups in total. The fraction of sp³-hybridized carbons (Fsp3) is 0.444. The summed E-state index contributed by atoms with van der Waals surface area (Å²) >= 11 is 0. The molecule has 3 heterocycles. The molecule has 35 heavy (non-hydrogen) atoms. The van der Waals surface area contributed by atoms with E-state index in [1.54, 1.807) is 6.20 Å². The average molecular weight is 472 g/mol. The van der Waals surface area contributed by atoms with Gasteiger partial charge in [0.2, 0.25) is 0 Å². The minimum Gasteiger partial charge on any atom is -0.299 e. The van der Waals surface area contributed by atoms with Crippen molar-refractivity contribution in [1.82, 2.24) is 34.7 Å². The van der Waals surface area contributed by atoms with Crippen LogP contribution in [0.25, 0.3) is 22.6 Å². The normalized spacial score (nSPS) is 14.4. The minimum absolute atomic E-state index is 0.109. The Morgan fingerprint density at radius 1 is 1.09 bits per heavy atom. The van der Waals surface area contributed by atoms with E-state index in [0.717, 1.165) is 59.8 Å². The van der Waals surface area contributed by atoms with Gasteiger partial charge in [0.05, 0.1) is 12.2 Å². The van der Waals surface area contributed by atoms with E-state index in [1.807, 2.05) is 21.3 Å². The van der Waals surface area contributed by atoms with Crippen molar-refractivity contribution < 1.29 is 0 Å². The first-order valence-corrected chi connectivity index (χ1v) is 12.8. The highest BCUT2D eigenvalue weighted by Crippen LogP contribution is 2.28. The van der Waals surface area contributed by atoms with Crippen LogP contribution in [0.2, 0.25) is 0 Å². The molecule has 5 rings (SSSR count). The Morgan fingerprint density at radius 3 is 2.66 bits per heavy atom. The lowest BCUT2D eigenvalue weighted by Crippen LogP contribution is -2.26. The second-order valence-electron chi connectivity index (χ2n) is 9.57. The maximum Gasteiger partial charge on any atom is 0.328 e. The van der Waals surface area contributed by atoms with Gasteiger partial charge in [-0.2, -0.15) is 0 Å². The van der Waals surface area contributed by atoms with Crippen LogP contribution >= 0.6 is 0 Å². The molecule has 8 nitrogen and oxygen atoms in total. The van der Waals surface area contributed by atoms with Gasteiger partial charge in [0.1, 0.15) is 0 Å². The van der Waals surface area contributed by atoms with E-state index in [0.29, 0.717) is 12.4 Å². The van der Waals surface area contributed by atoms with Crippen molar-refractivity contribution in [3.8, 4) is 22.6 Å². The highest BCUT2D eigenvalue weighted by Gasteiger charge is 2.16. The van der Waals surface area contributed by atoms with Crippen molar-refractivity contribution in [2.45, 2.75) is 71.4 Å². The van der Waals surface area contributed by atoms with Crippen molar-refractivity contribution in [2.24, 2.45) is 5.92 Å². The number of nitrogens with one attached hydrogen (secondary N) is 1. The summed E-state index contributed by atoms with van der Waals surface area (Å²) < 4.78 is 3.89. The first-order chi connectivity index (χ1) is 17.2. The number of rotatable bonds is 9. The molecule has 182 valence electrons. The smallest absolute Gasteiger partial charge is 0.299 e. The molecule has 1 aromatic carbocycles. The molecule has 0 saturated heterocycles. The van der Waals surface area contributed by atoms with Gasteiger partial charge < -0.3 is 0 Å². The molecule has 0 aliphatic heterocycles. The monoisotopic (exact) mass is 471 g/mol. The summed E-state index contributed by atoms with van der Waals surface area (Å²) in [4.78, 5) is 17.9. The third kappa shape index (κ3) is 5.26. The molecule has 0 bridgehead atoms. The van der Waals surface area contributed by atoms with E-state index in [2.05, 4.69) is 63.0 Å². The van der Waals surface area contributed by atoms with Crippen LogP contribution in [0, 0.1) is 5.92 Å². The lowest BCUT2D eigenvalue weighted by Gasteiger charge is -2.21. The Kier molecular flexibility index (Phi) is 7.16. The van der Waals surface area contributed by atoms with Crippen molar-refractivity contribution in [3.63, 3.8) is 0 Å². The van der Waals surface area contributed by atoms with Crippen molar-refractivity contribution in [1.29, 1.82) is 0 Å². The Bertz CT molecular complexity index is 1280. The lowest BCUT2D eigenvalue weighted by atomic mass is 9.87. The summed E-state index contributed by atoms with van der Waals surface area (Å²) in [6, 6.07) is 12.1. The van der Waals surface area contributed by atoms with Crippen LogP contribution in [0.5, 0.6) is 0 Å². The van der Waals surface area contributed by atoms with Crippen molar-refractivity contribution in [3.05, 3.63) is 70.5 Å². The number of aromatic amines is 1. The number of H-pyrrole nitrogens is 1. The minimum atomic E-state index is 0.109. The number of imidazole rings is 1. The van der Waals surface area contributed by atoms with E-state index in [-0.39, 0.29) is 5.69 Å². The average Bonchev–Trinajstić information content (AvgIpc) is 3.54. The van der Waals surface area contributed by atoms with Gasteiger partial charge in [-0.05, 0) is 46.9 Å². The molecule has 1 fully saturated rings. The van der Waals surface area contributed by atoms with Gasteiger partial charge in [0.15, 0.2) is 5.82 Å². The van der Waals surface area contributed by atoms with Crippen LogP contribution in [-0.2, 0) is 19.5 Å². The zero-order valence-electron chi connectivity index (χ0n) is 20.4. The maximum atomic E-state index is 13.3. The summed E-state index contributed by atoms with van der Waals surface area (Å²) in [7, 11) is 0. The Hall–Kier alpha value is -3.55. The number of benzene rings is 1. The highest BCUT2D eigenvalue weighted by atomic mass is 16.1. The Labute approximate surface area is 205 Å². The molecule has 0 spiro atoms. The Morgan fingerprint density at radius 2 is 1.91 bits per heavy atom. The van der Waals surface area contributed by atoms with Gasteiger partial charge in [0, 0.05) is 35.8 Å². The number of tetrazole rings is 1. The number of hydrogen-bond donors (Lipinski definition) is 1. The van der Waals surface area contributed by atoms with Crippen molar-refractivity contribution >= 4 is 0 Å². The maximum absolute atomic E-state index is 13.3. The standard InChI is InChI=1S/C27H33N7O/c1-2-7-23-19-33(17-15-20-8-4-3-5-9-20)27(35)34(23)18-21-11-13-22(14-12-21)25-24(10-6-16-28-25)26-29-31-32-30-26/h6,10-14,16,19-20H,2-5,7-9,15,17-18H2,1H3,(H,29,30,31,32). The number of aryl methyl sites for hydroxylation is 2. The molecule has 0 amide bonds. The van der Waals surface area contributed by atoms with E-state index in [4.69, 9.17) is 0 Å². The fourth-order valence-electron chi connectivity index (χ4n) is 5.22. The van der Waals surface area contributed by atoms with Gasteiger partial charge in [-0.3, -0.25) is 14.1 Å². The zero-order chi connectivity index (χ0) is 24.0. The van der Waals surface area contributed by atoms with Crippen LogP contribution < -0.4 is 5.69 Å². The summed E-state index contributed by atoms with van der Waals surface area (Å²) in [6.45, 7) is 3.56. The number of nitrogens with zero attached hydrogens (tertiary/aromatic N) is 6. The molecule has 0 atom stereocenters. The summed E-state index contributed by atoms with van der Waals surface area (Å²) in [6.07, 6.45) is 13.6. The van der Waals surface area contributed by atoms with Crippen LogP contribution in [0.4, 0.5) is 0 Å². The van der Waals surface area contributed by atoms with Gasteiger partial charge in [-0.25, -0.2) is 9.89 Å². The first kappa shape index (κ1) is 23.2. The predicted octanol–water partition coefficient (Wildman–Crippen LogP) is 4.86. The molecule has 0 unspecified atom stereocenters. The van der Waals surface area contributed by atoms with Gasteiger partial charge >= 0.3 is 5.69 Å². The largest absolute Gasteiger partial charge is 0.328 e. The molecule has 3 aromatic heterocycles. The molecule has 1 aliphatic carbocycles. The van der Waals surface area contributed by atoms with Crippen LogP contribution in [0.3, 0.4) is 0 Å². The van der Waals surface area contributed by atoms with Crippen LogP contribution in [0.1, 0.15) is 63.1 Å². The summed E-state index contributed by atoms with van der Waals surface area (Å²) in [5, 5.41) is 14.2. The topological polar surface area (TPSA) is 94.3 Å². The van der Waals surface area contributed by atoms with Gasteiger partial charge in [-0.15, -0.1) is 5.10 Å². The second kappa shape index (κ2) is 10.8. The molecule has 8 heteroatoms. The predicted molar refractivity (Wildman–Crippen MR) is 136 cm³/mol. The van der Waals surface area contributed by atoms with Crippen molar-refractivity contribution in [2.75, 3.05) is 0 Å². The molecule has 4 aromatic rings. The van der Waals surface area contributed by atoms with Gasteiger partial charge in [-0.1, -0.05) is 69.7 Å². The quantitative estimate of drug-likeness (QED) is 0.376. The second-order valence-corrected chi connectivity index (χ2v) is 9.57. The molecular formula is C27H33N7O. The van der Waals surface area contributed by atoms with E-state index in [9.17, 15) is 4.79 Å². The lowest BCUT2D eigenvalue weighted by molar-refractivity contribution is 0.322. The van der Waals surface area contributed by atoms with Gasteiger partial charge in [0.25, 0.3) is 0 Å². The molecule has 1 aliphatic rings. The SMILES string of the molecule is CCCc1cn(CCC2CCCCC2)c(=O)n1Cc1ccc(-c2ncccc2-c2nnn[nH]2)cc1. The third-order valence-corrected chi connectivity index (χ3v) is 7.11. The van der Waals surface area contributed by atoms with E-state index in [1.165, 1.54) is 32.1 Å². The van der Waals surface area contributed by atoms with E-state index < -0.39 is 0 Å². The summed E-state index contributed by atoms with van der Waals surface area (Å²) in [5.74, 6) is 1.35. The highest BCUT2D eigenvalue weighted by molar-refractivity contribution is 5.76. The number of pyridine rings is 1. The number of aromatic nitrogens is 7. The zero-order valence-corrected chi connectivity index (χ0v) is 20.4. The molecule has 1 saturated carbocycles. The first-order valence-electron chi connectivity index (χ1n) is 12.8. The summed E-state index contributed by atoms with van der Waals surface area (Å²) in [5.41, 5.74) is 4.97. The van der Waals surface area contributed by atoms with Crippen LogP contribution in [-0.4, -0.2) is 34.7 Å². The van der Waals surface area contributed by atoms with Crippen LogP contribution in [0.15, 0.2) is 53.6 Å². The number of hydrogen-bond acceptors (Lipinski definition) is 5. The fourth-order valence-corrected chi connectivity index (χ4v) is 5.22. The van der Waals surface area contributed by atoms with E-state index >= 15 is 0 Å². The molecule has 0 radical (unpaired) electrons. The third-order valence-electron chi connectivity index (χ3n) is 7.11. The Balaban J connectivity index is 1.35.